The highest BCUT2D eigenvalue weighted by Gasteiger charge is 2.65. The highest BCUT2D eigenvalue weighted by Crippen LogP contribution is 2.64. The number of hydrogen-bond donors (Lipinski definition) is 1. The van der Waals surface area contributed by atoms with Crippen molar-refractivity contribution in [1.29, 1.82) is 0 Å². The lowest BCUT2D eigenvalue weighted by Gasteiger charge is -2.53. The van der Waals surface area contributed by atoms with Crippen LogP contribution >= 0.6 is 0 Å². The lowest BCUT2D eigenvalue weighted by molar-refractivity contribution is -0.155. The molecule has 5 rings (SSSR count). The molecule has 2 unspecified atom stereocenters. The van der Waals surface area contributed by atoms with Crippen molar-refractivity contribution in [3.63, 3.8) is 0 Å². The van der Waals surface area contributed by atoms with E-state index >= 15 is 0 Å². The van der Waals surface area contributed by atoms with Gasteiger partial charge in [0, 0.05) is 11.6 Å². The van der Waals surface area contributed by atoms with Gasteiger partial charge in [0.05, 0.1) is 5.56 Å². The number of nitrogens with zero attached hydrogens (tertiary/aromatic N) is 1. The van der Waals surface area contributed by atoms with Gasteiger partial charge in [0.2, 0.25) is 0 Å². The summed E-state index contributed by atoms with van der Waals surface area (Å²) in [5, 5.41) is 3.42. The predicted molar refractivity (Wildman–Crippen MR) is 86.9 cm³/mol. The number of rotatable bonds is 1. The number of alkyl halides is 3. The molecule has 3 fully saturated rings. The molecule has 1 amide bonds. The normalized spacial score (nSPS) is 38.8. The number of carbonyl (C=O) groups excluding carboxylic acids is 1. The van der Waals surface area contributed by atoms with Gasteiger partial charge in [-0.25, -0.2) is 0 Å². The average Bonchev–Trinajstić information content (AvgIpc) is 3.22. The van der Waals surface area contributed by atoms with Crippen LogP contribution in [0.15, 0.2) is 24.3 Å². The van der Waals surface area contributed by atoms with Gasteiger partial charge < -0.3 is 10.2 Å². The molecule has 6 heteroatoms. The molecule has 25 heavy (non-hydrogen) atoms. The van der Waals surface area contributed by atoms with Gasteiger partial charge in [-0.1, -0.05) is 18.6 Å². The number of para-hydroxylation sites is 1. The summed E-state index contributed by atoms with van der Waals surface area (Å²) in [6.07, 6.45) is 0.660. The number of carbonyl (C=O) groups is 1. The summed E-state index contributed by atoms with van der Waals surface area (Å²) in [6, 6.07) is 6.97. The van der Waals surface area contributed by atoms with E-state index in [4.69, 9.17) is 0 Å². The fraction of sp³-hybridized carbons (Fsp3) is 0.632. The maximum absolute atomic E-state index is 13.3. The van der Waals surface area contributed by atoms with Crippen molar-refractivity contribution in [2.45, 2.75) is 43.9 Å². The van der Waals surface area contributed by atoms with Gasteiger partial charge in [-0.2, -0.15) is 13.2 Å². The molecule has 3 aliphatic carbocycles. The van der Waals surface area contributed by atoms with Crippen LogP contribution in [-0.2, 0) is 0 Å². The number of benzene rings is 1. The van der Waals surface area contributed by atoms with Crippen molar-refractivity contribution in [1.82, 2.24) is 4.90 Å². The fourth-order valence-electron chi connectivity index (χ4n) is 6.37. The Hall–Kier alpha value is -1.72. The molecule has 4 aliphatic rings. The molecule has 1 heterocycles. The number of nitrogens with one attached hydrogen (secondary N) is 1. The first-order chi connectivity index (χ1) is 11.9. The molecule has 3 saturated carbocycles. The largest absolute Gasteiger partial charge is 0.406 e. The van der Waals surface area contributed by atoms with Crippen molar-refractivity contribution in [3.05, 3.63) is 29.8 Å². The first-order valence-corrected chi connectivity index (χ1v) is 9.15. The predicted octanol–water partition coefficient (Wildman–Crippen LogP) is 4.27. The van der Waals surface area contributed by atoms with E-state index in [0.29, 0.717) is 35.4 Å². The van der Waals surface area contributed by atoms with E-state index in [-0.39, 0.29) is 5.92 Å². The number of hydrogen-bond acceptors (Lipinski definition) is 2. The van der Waals surface area contributed by atoms with Crippen LogP contribution in [0.3, 0.4) is 0 Å². The zero-order chi connectivity index (χ0) is 17.4. The minimum atomic E-state index is -4.40. The second kappa shape index (κ2) is 4.92. The van der Waals surface area contributed by atoms with E-state index in [0.717, 1.165) is 17.7 Å². The Bertz CT molecular complexity index is 734. The summed E-state index contributed by atoms with van der Waals surface area (Å²) in [5.41, 5.74) is 0.174. The SMILES string of the molecule is O=C1c2ccccc2N[C@]2(CC3CC2[C@H]2CCC[C@H]32)N1CC(F)(F)F. The monoisotopic (exact) mass is 350 g/mol. The smallest absolute Gasteiger partial charge is 0.362 e. The summed E-state index contributed by atoms with van der Waals surface area (Å²) in [4.78, 5) is 14.1. The Morgan fingerprint density at radius 2 is 1.96 bits per heavy atom. The van der Waals surface area contributed by atoms with Crippen LogP contribution < -0.4 is 5.32 Å². The maximum atomic E-state index is 13.3. The molecule has 1 aromatic carbocycles. The Morgan fingerprint density at radius 3 is 2.76 bits per heavy atom. The van der Waals surface area contributed by atoms with Gasteiger partial charge in [-0.3, -0.25) is 4.79 Å². The number of halogens is 3. The molecule has 3 nitrogen and oxygen atoms in total. The third kappa shape index (κ3) is 2.09. The summed E-state index contributed by atoms with van der Waals surface area (Å²) in [5.74, 6) is 1.20. The second-order valence-corrected chi connectivity index (χ2v) is 8.17. The molecule has 2 bridgehead atoms. The van der Waals surface area contributed by atoms with E-state index in [1.54, 1.807) is 12.1 Å². The zero-order valence-electron chi connectivity index (χ0n) is 13.9. The molecule has 0 aromatic heterocycles. The lowest BCUT2D eigenvalue weighted by atomic mass is 9.73. The summed E-state index contributed by atoms with van der Waals surface area (Å²) in [7, 11) is 0. The number of anilines is 1. The van der Waals surface area contributed by atoms with E-state index in [1.165, 1.54) is 12.8 Å². The molecule has 5 atom stereocenters. The highest BCUT2D eigenvalue weighted by molar-refractivity contribution is 6.02. The Morgan fingerprint density at radius 1 is 1.20 bits per heavy atom. The molecule has 1 spiro atoms. The van der Waals surface area contributed by atoms with Crippen LogP contribution in [0.1, 0.15) is 42.5 Å². The van der Waals surface area contributed by atoms with Gasteiger partial charge in [-0.15, -0.1) is 0 Å². The maximum Gasteiger partial charge on any atom is 0.406 e. The van der Waals surface area contributed by atoms with Crippen LogP contribution in [0, 0.1) is 23.7 Å². The molecule has 134 valence electrons. The van der Waals surface area contributed by atoms with Crippen molar-refractivity contribution in [2.24, 2.45) is 23.7 Å². The van der Waals surface area contributed by atoms with Gasteiger partial charge >= 0.3 is 6.18 Å². The zero-order valence-corrected chi connectivity index (χ0v) is 13.9. The Labute approximate surface area is 144 Å². The minimum Gasteiger partial charge on any atom is -0.362 e. The van der Waals surface area contributed by atoms with E-state index in [1.807, 2.05) is 12.1 Å². The standard InChI is InChI=1S/C19H21F3N2O/c20-19(21,22)10-24-17(25)14-4-1-2-7-16(14)23-18(24)9-11-8-15(18)13-6-3-5-12(11)13/h1-2,4,7,11-13,15,23H,3,5-6,8-10H2/t11?,12-,13+,15?,18-/m1/s1. The van der Waals surface area contributed by atoms with Crippen molar-refractivity contribution in [3.8, 4) is 0 Å². The van der Waals surface area contributed by atoms with E-state index in [2.05, 4.69) is 5.32 Å². The van der Waals surface area contributed by atoms with Crippen LogP contribution in [0.5, 0.6) is 0 Å². The van der Waals surface area contributed by atoms with Crippen molar-refractivity contribution in [2.75, 3.05) is 11.9 Å². The Balaban J connectivity index is 1.60. The fourth-order valence-corrected chi connectivity index (χ4v) is 6.37. The van der Waals surface area contributed by atoms with Crippen LogP contribution in [0.4, 0.5) is 18.9 Å². The van der Waals surface area contributed by atoms with Crippen molar-refractivity contribution >= 4 is 11.6 Å². The van der Waals surface area contributed by atoms with Crippen LogP contribution in [-0.4, -0.2) is 29.2 Å². The summed E-state index contributed by atoms with van der Waals surface area (Å²) >= 11 is 0. The topological polar surface area (TPSA) is 32.3 Å². The molecule has 1 N–H and O–H groups in total. The van der Waals surface area contributed by atoms with Crippen LogP contribution in [0.2, 0.25) is 0 Å². The Kier molecular flexibility index (Phi) is 3.06. The summed E-state index contributed by atoms with van der Waals surface area (Å²) < 4.78 is 39.9. The first kappa shape index (κ1) is 15.5. The number of fused-ring (bicyclic) bond motifs is 7. The first-order valence-electron chi connectivity index (χ1n) is 9.15. The van der Waals surface area contributed by atoms with Gasteiger partial charge in [-0.05, 0) is 55.6 Å². The molecule has 0 saturated heterocycles. The van der Waals surface area contributed by atoms with Crippen LogP contribution in [0.25, 0.3) is 0 Å². The van der Waals surface area contributed by atoms with Gasteiger partial charge in [0.1, 0.15) is 12.2 Å². The average molecular weight is 350 g/mol. The molecule has 1 aliphatic heterocycles. The molecule has 1 aromatic rings. The summed E-state index contributed by atoms with van der Waals surface area (Å²) in [6.45, 7) is -1.17. The van der Waals surface area contributed by atoms with E-state index < -0.39 is 24.3 Å². The lowest BCUT2D eigenvalue weighted by Crippen LogP contribution is -2.66. The second-order valence-electron chi connectivity index (χ2n) is 8.17. The minimum absolute atomic E-state index is 0.129. The van der Waals surface area contributed by atoms with Crippen molar-refractivity contribution < 1.29 is 18.0 Å². The van der Waals surface area contributed by atoms with Gasteiger partial charge in [0.15, 0.2) is 0 Å². The highest BCUT2D eigenvalue weighted by atomic mass is 19.4. The molecule has 0 radical (unpaired) electrons. The molecular formula is C19H21F3N2O. The van der Waals surface area contributed by atoms with Gasteiger partial charge in [0.25, 0.3) is 5.91 Å². The van der Waals surface area contributed by atoms with E-state index in [9.17, 15) is 18.0 Å². The third-order valence-electron chi connectivity index (χ3n) is 7.06. The quantitative estimate of drug-likeness (QED) is 0.820. The molecular weight excluding hydrogens is 329 g/mol. The third-order valence-corrected chi connectivity index (χ3v) is 7.06. The number of amides is 1.